The number of esters is 1. The molecule has 0 saturated heterocycles. The Labute approximate surface area is 156 Å². The van der Waals surface area contributed by atoms with Crippen LogP contribution in [-0.2, 0) is 11.3 Å². The Morgan fingerprint density at radius 1 is 1.08 bits per heavy atom. The lowest BCUT2D eigenvalue weighted by Crippen LogP contribution is -2.46. The van der Waals surface area contributed by atoms with Crippen molar-refractivity contribution in [3.05, 3.63) is 29.8 Å². The number of carbonyl (C=O) groups excluding carboxylic acids is 1. The van der Waals surface area contributed by atoms with Crippen molar-refractivity contribution < 1.29 is 9.53 Å². The fourth-order valence-corrected chi connectivity index (χ4v) is 2.42. The second-order valence-electron chi connectivity index (χ2n) is 6.47. The minimum atomic E-state index is -0.214. The van der Waals surface area contributed by atoms with Gasteiger partial charge < -0.3 is 15.4 Å². The number of benzene rings is 1. The molecule has 0 aliphatic carbocycles. The first-order valence-corrected chi connectivity index (χ1v) is 9.02. The maximum atomic E-state index is 11.9. The van der Waals surface area contributed by atoms with Gasteiger partial charge >= 0.3 is 5.97 Å². The summed E-state index contributed by atoms with van der Waals surface area (Å²) >= 11 is 0. The smallest absolute Gasteiger partial charge is 0.311 e. The monoisotopic (exact) mass is 361 g/mol. The minimum Gasteiger partial charge on any atom is -0.427 e. The van der Waals surface area contributed by atoms with Gasteiger partial charge in [-0.05, 0) is 24.1 Å². The number of carbonyl (C=O) groups is 1. The van der Waals surface area contributed by atoms with Crippen molar-refractivity contribution >= 4 is 17.9 Å². The molecule has 0 bridgehead atoms. The van der Waals surface area contributed by atoms with Crippen LogP contribution in [0, 0.1) is 10.8 Å². The molecule has 0 saturated carbocycles. The average Bonchev–Trinajstić information content (AvgIpc) is 2.60. The van der Waals surface area contributed by atoms with Crippen LogP contribution < -0.4 is 10.5 Å². The molecular weight excluding hydrogens is 330 g/mol. The summed E-state index contributed by atoms with van der Waals surface area (Å²) in [6.45, 7) is 2.47. The number of ether oxygens (including phenoxy) is 1. The number of nitrogens with one attached hydrogen (secondary N) is 2. The zero-order valence-corrected chi connectivity index (χ0v) is 16.0. The second kappa shape index (κ2) is 11.1. The van der Waals surface area contributed by atoms with Crippen molar-refractivity contribution in [2.45, 2.75) is 52.0 Å². The van der Waals surface area contributed by atoms with Gasteiger partial charge in [0.05, 0.1) is 6.54 Å². The van der Waals surface area contributed by atoms with Crippen LogP contribution in [0.15, 0.2) is 24.3 Å². The number of nitrogens with two attached hydrogens (primary N) is 1. The molecule has 0 heterocycles. The van der Waals surface area contributed by atoms with Gasteiger partial charge in [0, 0.05) is 20.5 Å². The molecule has 26 heavy (non-hydrogen) atoms. The van der Waals surface area contributed by atoms with E-state index in [1.807, 2.05) is 12.1 Å². The lowest BCUT2D eigenvalue weighted by molar-refractivity contribution is -0.134. The minimum absolute atomic E-state index is 0.135. The molecule has 0 aromatic heterocycles. The van der Waals surface area contributed by atoms with E-state index in [1.165, 1.54) is 17.7 Å². The van der Waals surface area contributed by atoms with Gasteiger partial charge in [-0.2, -0.15) is 0 Å². The molecule has 0 radical (unpaired) electrons. The number of rotatable bonds is 9. The van der Waals surface area contributed by atoms with Crippen molar-refractivity contribution in [2.24, 2.45) is 5.73 Å². The van der Waals surface area contributed by atoms with E-state index >= 15 is 0 Å². The van der Waals surface area contributed by atoms with Crippen LogP contribution in [0.1, 0.15) is 51.0 Å². The van der Waals surface area contributed by atoms with Gasteiger partial charge in [0.2, 0.25) is 0 Å². The van der Waals surface area contributed by atoms with E-state index in [0.717, 1.165) is 24.8 Å². The summed E-state index contributed by atoms with van der Waals surface area (Å²) in [4.78, 5) is 14.8. The number of unbranched alkanes of at least 4 members (excludes halogenated alkanes) is 4. The Morgan fingerprint density at radius 3 is 2.23 bits per heavy atom. The van der Waals surface area contributed by atoms with Gasteiger partial charge in [0.15, 0.2) is 11.9 Å². The summed E-state index contributed by atoms with van der Waals surface area (Å²) < 4.78 is 5.34. The van der Waals surface area contributed by atoms with Crippen molar-refractivity contribution in [3.63, 3.8) is 0 Å². The van der Waals surface area contributed by atoms with Crippen molar-refractivity contribution in [3.8, 4) is 5.75 Å². The Bertz CT molecular complexity index is 598. The van der Waals surface area contributed by atoms with Gasteiger partial charge in [0.25, 0.3) is 0 Å². The van der Waals surface area contributed by atoms with Gasteiger partial charge in [-0.15, -0.1) is 0 Å². The van der Waals surface area contributed by atoms with E-state index in [4.69, 9.17) is 21.3 Å². The van der Waals surface area contributed by atoms with E-state index in [0.29, 0.717) is 18.7 Å². The summed E-state index contributed by atoms with van der Waals surface area (Å²) in [6, 6.07) is 7.06. The summed E-state index contributed by atoms with van der Waals surface area (Å²) in [5.74, 6) is 0.233. The number of guanidine groups is 2. The lowest BCUT2D eigenvalue weighted by Gasteiger charge is -2.27. The van der Waals surface area contributed by atoms with Crippen LogP contribution >= 0.6 is 0 Å². The zero-order chi connectivity index (χ0) is 19.5. The fraction of sp³-hybridized carbons (Fsp3) is 0.526. The average molecular weight is 361 g/mol. The van der Waals surface area contributed by atoms with E-state index in [-0.39, 0.29) is 17.9 Å². The van der Waals surface area contributed by atoms with E-state index < -0.39 is 0 Å². The molecule has 7 nitrogen and oxygen atoms in total. The van der Waals surface area contributed by atoms with Crippen LogP contribution in [0.25, 0.3) is 0 Å². The molecule has 144 valence electrons. The fourth-order valence-electron chi connectivity index (χ4n) is 2.42. The normalized spacial score (nSPS) is 10.3. The Morgan fingerprint density at radius 2 is 1.69 bits per heavy atom. The first-order valence-electron chi connectivity index (χ1n) is 9.02. The highest BCUT2D eigenvalue weighted by atomic mass is 16.5. The molecular formula is C19H31N5O2. The van der Waals surface area contributed by atoms with Gasteiger partial charge in [-0.3, -0.25) is 20.5 Å². The molecule has 0 amide bonds. The molecule has 0 aliphatic heterocycles. The predicted octanol–water partition coefficient (Wildman–Crippen LogP) is 3.14. The molecule has 0 aliphatic rings. The van der Waals surface area contributed by atoms with Crippen molar-refractivity contribution in [1.82, 2.24) is 9.80 Å². The van der Waals surface area contributed by atoms with Gasteiger partial charge in [-0.25, -0.2) is 0 Å². The lowest BCUT2D eigenvalue weighted by atomic mass is 10.1. The van der Waals surface area contributed by atoms with Crippen molar-refractivity contribution in [2.75, 3.05) is 14.1 Å². The first-order chi connectivity index (χ1) is 12.3. The van der Waals surface area contributed by atoms with Crippen LogP contribution in [0.3, 0.4) is 0 Å². The van der Waals surface area contributed by atoms with Crippen LogP contribution in [-0.4, -0.2) is 41.8 Å². The van der Waals surface area contributed by atoms with E-state index in [9.17, 15) is 4.79 Å². The van der Waals surface area contributed by atoms with Crippen LogP contribution in [0.5, 0.6) is 5.75 Å². The summed E-state index contributed by atoms with van der Waals surface area (Å²) in [6.07, 6.45) is 5.90. The maximum absolute atomic E-state index is 11.9. The molecule has 4 N–H and O–H groups in total. The van der Waals surface area contributed by atoms with Gasteiger partial charge in [0.1, 0.15) is 5.75 Å². The number of hydrogen-bond donors (Lipinski definition) is 3. The van der Waals surface area contributed by atoms with E-state index in [2.05, 4.69) is 6.92 Å². The Balaban J connectivity index is 2.53. The number of hydrogen-bond acceptors (Lipinski definition) is 4. The standard InChI is InChI=1S/C19H31N5O2/c1-4-5-6-7-8-9-17(25)26-16-12-10-15(11-13-16)14-24(18(20)21)19(22)23(2)3/h10-13,22H,4-9,14H2,1-3H3,(H3,20,21). The summed E-state index contributed by atoms with van der Waals surface area (Å²) in [5, 5.41) is 15.6. The highest BCUT2D eigenvalue weighted by Gasteiger charge is 2.15. The SMILES string of the molecule is CCCCCCCC(=O)Oc1ccc(CN(C(=N)N)C(=N)N(C)C)cc1. The topological polar surface area (TPSA) is 106 Å². The molecule has 0 spiro atoms. The third-order valence-electron chi connectivity index (χ3n) is 3.95. The molecule has 1 aromatic carbocycles. The highest BCUT2D eigenvalue weighted by Crippen LogP contribution is 2.15. The Hall–Kier alpha value is -2.57. The Kier molecular flexibility index (Phi) is 9.19. The van der Waals surface area contributed by atoms with Crippen molar-refractivity contribution in [1.29, 1.82) is 10.8 Å². The molecule has 7 heteroatoms. The molecule has 0 unspecified atom stereocenters. The molecule has 1 aromatic rings. The third kappa shape index (κ3) is 7.55. The largest absolute Gasteiger partial charge is 0.427 e. The van der Waals surface area contributed by atoms with Gasteiger partial charge in [-0.1, -0.05) is 44.7 Å². The predicted molar refractivity (Wildman–Crippen MR) is 104 cm³/mol. The van der Waals surface area contributed by atoms with Crippen LogP contribution in [0.2, 0.25) is 0 Å². The second-order valence-corrected chi connectivity index (χ2v) is 6.47. The van der Waals surface area contributed by atoms with Crippen LogP contribution in [0.4, 0.5) is 0 Å². The third-order valence-corrected chi connectivity index (χ3v) is 3.95. The van der Waals surface area contributed by atoms with E-state index in [1.54, 1.807) is 31.1 Å². The first kappa shape index (κ1) is 21.5. The summed E-state index contributed by atoms with van der Waals surface area (Å²) in [7, 11) is 3.45. The molecule has 1 rings (SSSR count). The zero-order valence-electron chi connectivity index (χ0n) is 16.0. The summed E-state index contributed by atoms with van der Waals surface area (Å²) in [5.41, 5.74) is 6.44. The maximum Gasteiger partial charge on any atom is 0.311 e. The molecule has 0 fully saturated rings. The molecule has 0 atom stereocenters. The number of nitrogens with zero attached hydrogens (tertiary/aromatic N) is 2. The quantitative estimate of drug-likeness (QED) is 0.206. The highest BCUT2D eigenvalue weighted by molar-refractivity contribution is 5.94.